The molecule has 0 amide bonds. The molecule has 0 aromatic heterocycles. The summed E-state index contributed by atoms with van der Waals surface area (Å²) in [5, 5.41) is 0. The predicted octanol–water partition coefficient (Wildman–Crippen LogP) is 17.7. The maximum atomic E-state index is 12.8. The van der Waals surface area contributed by atoms with E-state index < -0.39 is 6.10 Å². The van der Waals surface area contributed by atoms with Crippen LogP contribution in [0.15, 0.2) is 0 Å². The first kappa shape index (κ1) is 59.4. The Kier molecular flexibility index (Phi) is 46.6. The lowest BCUT2D eigenvalue weighted by Crippen LogP contribution is -2.30. The zero-order valence-electron chi connectivity index (χ0n) is 41.8. The number of hydrogen-bond acceptors (Lipinski definition) is 6. The van der Waals surface area contributed by atoms with Gasteiger partial charge in [0, 0.05) is 19.3 Å². The van der Waals surface area contributed by atoms with Gasteiger partial charge in [0.15, 0.2) is 6.10 Å². The SMILES string of the molecule is CCCCCCCCCC(=O)OC[C@H](COC(=O)CCCCCCCCCCCCCCCCCC(C)C)OC(=O)CCCCCCCCCCCCCCCCCC(C)C. The average molecular weight is 863 g/mol. The van der Waals surface area contributed by atoms with Crippen LogP contribution in [0.5, 0.6) is 0 Å². The lowest BCUT2D eigenvalue weighted by Gasteiger charge is -2.18. The zero-order valence-corrected chi connectivity index (χ0v) is 41.8. The standard InChI is InChI=1S/C55H106O6/c1-6-7-8-9-28-35-40-45-53(56)59-48-52(61-55(58)47-42-37-32-27-23-19-15-11-13-17-21-25-30-34-39-44-51(4)5)49-60-54(57)46-41-36-31-26-22-18-14-10-12-16-20-24-29-33-38-43-50(2)3/h50-52H,6-49H2,1-5H3/t52-/m1/s1. The molecule has 0 saturated heterocycles. The third-order valence-electron chi connectivity index (χ3n) is 12.5. The minimum absolute atomic E-state index is 0.0635. The number of esters is 3. The minimum atomic E-state index is -0.760. The highest BCUT2D eigenvalue weighted by atomic mass is 16.6. The third-order valence-corrected chi connectivity index (χ3v) is 12.5. The topological polar surface area (TPSA) is 78.9 Å². The molecule has 0 aromatic rings. The molecule has 0 radical (unpaired) electrons. The Labute approximate surface area is 380 Å². The van der Waals surface area contributed by atoms with Crippen LogP contribution in [0.4, 0.5) is 0 Å². The minimum Gasteiger partial charge on any atom is -0.462 e. The molecule has 0 N–H and O–H groups in total. The molecule has 0 aliphatic carbocycles. The van der Waals surface area contributed by atoms with Crippen LogP contribution in [0.25, 0.3) is 0 Å². The van der Waals surface area contributed by atoms with Gasteiger partial charge in [0.2, 0.25) is 0 Å². The number of carbonyl (C=O) groups excluding carboxylic acids is 3. The van der Waals surface area contributed by atoms with E-state index >= 15 is 0 Å². The lowest BCUT2D eigenvalue weighted by molar-refractivity contribution is -0.167. The monoisotopic (exact) mass is 863 g/mol. The van der Waals surface area contributed by atoms with E-state index in [9.17, 15) is 14.4 Å². The van der Waals surface area contributed by atoms with E-state index in [0.29, 0.717) is 19.3 Å². The second kappa shape index (κ2) is 47.9. The quantitative estimate of drug-likeness (QED) is 0.0344. The summed E-state index contributed by atoms with van der Waals surface area (Å²) in [5.41, 5.74) is 0. The van der Waals surface area contributed by atoms with Gasteiger partial charge in [-0.2, -0.15) is 0 Å². The molecule has 0 spiro atoms. The Morgan fingerprint density at radius 2 is 0.541 bits per heavy atom. The molecular weight excluding hydrogens is 757 g/mol. The largest absolute Gasteiger partial charge is 0.462 e. The lowest BCUT2D eigenvalue weighted by atomic mass is 10.0. The smallest absolute Gasteiger partial charge is 0.306 e. The fourth-order valence-corrected chi connectivity index (χ4v) is 8.34. The Bertz CT molecular complexity index is 931. The Balaban J connectivity index is 4.16. The molecule has 0 heterocycles. The van der Waals surface area contributed by atoms with Crippen molar-refractivity contribution < 1.29 is 28.6 Å². The van der Waals surface area contributed by atoms with Gasteiger partial charge in [-0.15, -0.1) is 0 Å². The maximum Gasteiger partial charge on any atom is 0.306 e. The normalized spacial score (nSPS) is 12.0. The van der Waals surface area contributed by atoms with Gasteiger partial charge in [-0.25, -0.2) is 0 Å². The van der Waals surface area contributed by atoms with Crippen LogP contribution in [0.2, 0.25) is 0 Å². The highest BCUT2D eigenvalue weighted by Crippen LogP contribution is 2.18. The summed E-state index contributed by atoms with van der Waals surface area (Å²) in [7, 11) is 0. The highest BCUT2D eigenvalue weighted by molar-refractivity contribution is 5.71. The maximum absolute atomic E-state index is 12.8. The van der Waals surface area contributed by atoms with Gasteiger partial charge in [-0.05, 0) is 31.1 Å². The molecule has 61 heavy (non-hydrogen) atoms. The van der Waals surface area contributed by atoms with Gasteiger partial charge in [0.05, 0.1) is 0 Å². The summed E-state index contributed by atoms with van der Waals surface area (Å²) < 4.78 is 16.8. The zero-order chi connectivity index (χ0) is 44.7. The Morgan fingerprint density at radius 3 is 0.803 bits per heavy atom. The van der Waals surface area contributed by atoms with Crippen molar-refractivity contribution in [3.63, 3.8) is 0 Å². The molecule has 0 bridgehead atoms. The van der Waals surface area contributed by atoms with Crippen LogP contribution in [-0.2, 0) is 28.6 Å². The van der Waals surface area contributed by atoms with Gasteiger partial charge in [-0.3, -0.25) is 14.4 Å². The van der Waals surface area contributed by atoms with Crippen molar-refractivity contribution in [3.05, 3.63) is 0 Å². The van der Waals surface area contributed by atoms with Crippen LogP contribution in [-0.4, -0.2) is 37.2 Å². The van der Waals surface area contributed by atoms with Gasteiger partial charge < -0.3 is 14.2 Å². The van der Waals surface area contributed by atoms with Crippen molar-refractivity contribution >= 4 is 17.9 Å². The van der Waals surface area contributed by atoms with Gasteiger partial charge in [-0.1, -0.05) is 266 Å². The summed E-state index contributed by atoms with van der Waals surface area (Å²) in [6.07, 6.45) is 49.6. The molecule has 6 nitrogen and oxygen atoms in total. The summed E-state index contributed by atoms with van der Waals surface area (Å²) in [6, 6.07) is 0. The van der Waals surface area contributed by atoms with E-state index in [0.717, 1.165) is 69.6 Å². The number of hydrogen-bond donors (Lipinski definition) is 0. The number of carbonyl (C=O) groups is 3. The van der Waals surface area contributed by atoms with Gasteiger partial charge in [0.1, 0.15) is 13.2 Å². The van der Waals surface area contributed by atoms with E-state index in [2.05, 4.69) is 34.6 Å². The van der Waals surface area contributed by atoms with Crippen LogP contribution in [0.1, 0.15) is 304 Å². The second-order valence-electron chi connectivity index (χ2n) is 19.8. The van der Waals surface area contributed by atoms with Crippen molar-refractivity contribution in [2.45, 2.75) is 310 Å². The number of rotatable bonds is 49. The van der Waals surface area contributed by atoms with Crippen LogP contribution >= 0.6 is 0 Å². The highest BCUT2D eigenvalue weighted by Gasteiger charge is 2.19. The van der Waals surface area contributed by atoms with Crippen LogP contribution in [0.3, 0.4) is 0 Å². The number of unbranched alkanes of at least 4 members (excludes halogenated alkanes) is 34. The second-order valence-corrected chi connectivity index (χ2v) is 19.8. The summed E-state index contributed by atoms with van der Waals surface area (Å²) in [6.45, 7) is 11.4. The molecule has 0 aliphatic heterocycles. The Morgan fingerprint density at radius 1 is 0.311 bits per heavy atom. The molecule has 0 aromatic carbocycles. The van der Waals surface area contributed by atoms with Crippen molar-refractivity contribution in [2.24, 2.45) is 11.8 Å². The molecular formula is C55H106O6. The van der Waals surface area contributed by atoms with Gasteiger partial charge >= 0.3 is 17.9 Å². The van der Waals surface area contributed by atoms with Crippen LogP contribution < -0.4 is 0 Å². The molecule has 0 saturated carbocycles. The van der Waals surface area contributed by atoms with E-state index in [1.54, 1.807) is 0 Å². The molecule has 0 aliphatic rings. The summed E-state index contributed by atoms with van der Waals surface area (Å²) >= 11 is 0. The molecule has 6 heteroatoms. The van der Waals surface area contributed by atoms with Crippen LogP contribution in [0, 0.1) is 11.8 Å². The fraction of sp³-hybridized carbons (Fsp3) is 0.945. The molecule has 0 unspecified atom stereocenters. The Hall–Kier alpha value is -1.59. The molecule has 1 atom stereocenters. The predicted molar refractivity (Wildman–Crippen MR) is 261 cm³/mol. The third kappa shape index (κ3) is 49.3. The molecule has 0 fully saturated rings. The average Bonchev–Trinajstić information content (AvgIpc) is 3.23. The number of ether oxygens (including phenoxy) is 3. The summed E-state index contributed by atoms with van der Waals surface area (Å²) in [4.78, 5) is 37.9. The molecule has 0 rings (SSSR count). The van der Waals surface area contributed by atoms with Crippen molar-refractivity contribution in [1.29, 1.82) is 0 Å². The first-order chi connectivity index (χ1) is 29.7. The van der Waals surface area contributed by atoms with Gasteiger partial charge in [0.25, 0.3) is 0 Å². The van der Waals surface area contributed by atoms with Crippen molar-refractivity contribution in [1.82, 2.24) is 0 Å². The molecule has 362 valence electrons. The first-order valence-corrected chi connectivity index (χ1v) is 27.2. The van der Waals surface area contributed by atoms with Crippen molar-refractivity contribution in [2.75, 3.05) is 13.2 Å². The first-order valence-electron chi connectivity index (χ1n) is 27.2. The summed E-state index contributed by atoms with van der Waals surface area (Å²) in [5.74, 6) is 0.847. The van der Waals surface area contributed by atoms with E-state index in [1.165, 1.54) is 193 Å². The van der Waals surface area contributed by atoms with E-state index in [1.807, 2.05) is 0 Å². The fourth-order valence-electron chi connectivity index (χ4n) is 8.34. The van der Waals surface area contributed by atoms with E-state index in [-0.39, 0.29) is 31.1 Å². The van der Waals surface area contributed by atoms with E-state index in [4.69, 9.17) is 14.2 Å². The van der Waals surface area contributed by atoms with Crippen molar-refractivity contribution in [3.8, 4) is 0 Å².